The minimum absolute atomic E-state index is 0.122. The van der Waals surface area contributed by atoms with E-state index in [-0.39, 0.29) is 17.6 Å². The molecule has 0 amide bonds. The van der Waals surface area contributed by atoms with Crippen molar-refractivity contribution in [3.05, 3.63) is 59.2 Å². The zero-order valence-electron chi connectivity index (χ0n) is 25.2. The summed E-state index contributed by atoms with van der Waals surface area (Å²) in [7, 11) is -1.96. The molecule has 4 nitrogen and oxygen atoms in total. The number of ether oxygens (including phenoxy) is 1. The van der Waals surface area contributed by atoms with Gasteiger partial charge >= 0.3 is 0 Å². The minimum atomic E-state index is -1.96. The lowest BCUT2D eigenvalue weighted by atomic mass is 9.76. The van der Waals surface area contributed by atoms with Crippen LogP contribution in [0.2, 0.25) is 18.1 Å². The maximum Gasteiger partial charge on any atom is 0.250 e. The summed E-state index contributed by atoms with van der Waals surface area (Å²) in [6.07, 6.45) is 0.858. The van der Waals surface area contributed by atoms with E-state index in [0.717, 1.165) is 49.7 Å². The largest absolute Gasteiger partial charge is 0.543 e. The predicted octanol–water partition coefficient (Wildman–Crippen LogP) is 7.22. The van der Waals surface area contributed by atoms with Gasteiger partial charge in [0.2, 0.25) is 8.32 Å². The molecule has 0 N–H and O–H groups in total. The van der Waals surface area contributed by atoms with E-state index < -0.39 is 19.5 Å². The summed E-state index contributed by atoms with van der Waals surface area (Å²) in [6.45, 7) is 20.8. The standard InChI is InChI=1S/C32H48F2N2O2Si/c1-30(2,3)39(7,8)38-28-13-14-29-25(19-28)15-16-36(23-31(4,5)34)32(29,6)26-9-11-27(12-10-26)37-18-17-35-21-24(20-33)22-35/h9-14,19,24H,15-18,20-23H2,1-8H3. The number of hydrogen-bond acceptors (Lipinski definition) is 4. The normalized spacial score (nSPS) is 21.4. The zero-order chi connectivity index (χ0) is 28.6. The van der Waals surface area contributed by atoms with Crippen LogP contribution in [0.5, 0.6) is 11.5 Å². The Hall–Kier alpha value is -1.96. The van der Waals surface area contributed by atoms with Crippen molar-refractivity contribution in [2.24, 2.45) is 5.92 Å². The van der Waals surface area contributed by atoms with Crippen LogP contribution in [-0.2, 0) is 12.0 Å². The number of halogens is 2. The fourth-order valence-corrected chi connectivity index (χ4v) is 6.59. The molecular formula is C32H48F2N2O2Si. The third kappa shape index (κ3) is 6.68. The first-order valence-corrected chi connectivity index (χ1v) is 17.3. The number of nitrogens with zero attached hydrogens (tertiary/aromatic N) is 2. The van der Waals surface area contributed by atoms with Crippen LogP contribution >= 0.6 is 0 Å². The molecule has 0 radical (unpaired) electrons. The molecule has 0 spiro atoms. The maximum atomic E-state index is 15.0. The molecule has 2 aliphatic heterocycles. The lowest BCUT2D eigenvalue weighted by molar-refractivity contribution is 0.0540. The van der Waals surface area contributed by atoms with E-state index in [1.165, 1.54) is 11.1 Å². The summed E-state index contributed by atoms with van der Waals surface area (Å²) >= 11 is 0. The average Bonchev–Trinajstić information content (AvgIpc) is 2.81. The van der Waals surface area contributed by atoms with Gasteiger partial charge in [0.15, 0.2) is 0 Å². The number of fused-ring (bicyclic) bond motifs is 1. The van der Waals surface area contributed by atoms with Gasteiger partial charge in [0.25, 0.3) is 0 Å². The van der Waals surface area contributed by atoms with E-state index in [1.807, 2.05) is 12.1 Å². The smallest absolute Gasteiger partial charge is 0.250 e. The van der Waals surface area contributed by atoms with Crippen LogP contribution in [0.25, 0.3) is 0 Å². The first kappa shape index (κ1) is 30.0. The van der Waals surface area contributed by atoms with Crippen LogP contribution < -0.4 is 9.16 Å². The zero-order valence-corrected chi connectivity index (χ0v) is 26.2. The first-order chi connectivity index (χ1) is 18.1. The van der Waals surface area contributed by atoms with E-state index in [0.29, 0.717) is 13.2 Å². The monoisotopic (exact) mass is 558 g/mol. The summed E-state index contributed by atoms with van der Waals surface area (Å²) in [5.41, 5.74) is 1.79. The molecule has 2 aliphatic rings. The molecular weight excluding hydrogens is 510 g/mol. The van der Waals surface area contributed by atoms with Gasteiger partial charge in [-0.05, 0) is 86.3 Å². The van der Waals surface area contributed by atoms with Crippen LogP contribution in [0, 0.1) is 5.92 Å². The van der Waals surface area contributed by atoms with Crippen molar-refractivity contribution in [1.29, 1.82) is 0 Å². The van der Waals surface area contributed by atoms with Crippen molar-refractivity contribution in [2.75, 3.05) is 46.0 Å². The van der Waals surface area contributed by atoms with Crippen LogP contribution in [0.3, 0.4) is 0 Å². The molecule has 1 fully saturated rings. The molecule has 0 bridgehead atoms. The van der Waals surface area contributed by atoms with Crippen molar-refractivity contribution in [3.63, 3.8) is 0 Å². The Kier molecular flexibility index (Phi) is 8.57. The molecule has 1 unspecified atom stereocenters. The summed E-state index contributed by atoms with van der Waals surface area (Å²) in [6, 6.07) is 14.8. The van der Waals surface area contributed by atoms with Gasteiger partial charge in [-0.1, -0.05) is 39.0 Å². The highest BCUT2D eigenvalue weighted by molar-refractivity contribution is 6.74. The molecule has 7 heteroatoms. The number of rotatable bonds is 10. The molecule has 2 aromatic carbocycles. The number of benzene rings is 2. The Morgan fingerprint density at radius 3 is 2.23 bits per heavy atom. The van der Waals surface area contributed by atoms with E-state index >= 15 is 4.39 Å². The van der Waals surface area contributed by atoms with Crippen LogP contribution in [0.1, 0.15) is 58.2 Å². The van der Waals surface area contributed by atoms with Gasteiger partial charge in [0.05, 0.1) is 12.2 Å². The molecule has 2 heterocycles. The van der Waals surface area contributed by atoms with Gasteiger partial charge in [0, 0.05) is 38.6 Å². The quantitative estimate of drug-likeness (QED) is 0.288. The summed E-state index contributed by atoms with van der Waals surface area (Å²) in [5, 5.41) is 0.122. The maximum absolute atomic E-state index is 15.0. The molecule has 0 aliphatic carbocycles. The Labute approximate surface area is 235 Å². The lowest BCUT2D eigenvalue weighted by Crippen LogP contribution is -2.53. The van der Waals surface area contributed by atoms with Crippen LogP contribution in [0.4, 0.5) is 8.78 Å². The van der Waals surface area contributed by atoms with Crippen molar-refractivity contribution in [3.8, 4) is 11.5 Å². The predicted molar refractivity (Wildman–Crippen MR) is 159 cm³/mol. The summed E-state index contributed by atoms with van der Waals surface area (Å²) in [4.78, 5) is 4.50. The molecule has 216 valence electrons. The van der Waals surface area contributed by atoms with Gasteiger partial charge in [0.1, 0.15) is 23.8 Å². The summed E-state index contributed by atoms with van der Waals surface area (Å²) in [5.74, 6) is 1.94. The molecule has 0 aromatic heterocycles. The highest BCUT2D eigenvalue weighted by Gasteiger charge is 2.43. The molecule has 0 saturated carbocycles. The Balaban J connectivity index is 1.57. The van der Waals surface area contributed by atoms with E-state index in [4.69, 9.17) is 9.16 Å². The number of alkyl halides is 2. The van der Waals surface area contributed by atoms with Gasteiger partial charge < -0.3 is 9.16 Å². The van der Waals surface area contributed by atoms with E-state index in [1.54, 1.807) is 13.8 Å². The van der Waals surface area contributed by atoms with Crippen molar-refractivity contribution in [2.45, 2.75) is 77.3 Å². The Morgan fingerprint density at radius 2 is 1.64 bits per heavy atom. The Morgan fingerprint density at radius 1 is 1.00 bits per heavy atom. The topological polar surface area (TPSA) is 24.9 Å². The fourth-order valence-electron chi connectivity index (χ4n) is 5.57. The third-order valence-electron chi connectivity index (χ3n) is 8.97. The van der Waals surface area contributed by atoms with Crippen molar-refractivity contribution in [1.82, 2.24) is 9.80 Å². The molecule has 2 aromatic rings. The first-order valence-electron chi connectivity index (χ1n) is 14.4. The van der Waals surface area contributed by atoms with Gasteiger partial charge in [-0.2, -0.15) is 0 Å². The second kappa shape index (κ2) is 11.1. The average molecular weight is 559 g/mol. The van der Waals surface area contributed by atoms with Crippen LogP contribution in [0.15, 0.2) is 42.5 Å². The van der Waals surface area contributed by atoms with Crippen LogP contribution in [-0.4, -0.2) is 69.8 Å². The second-order valence-corrected chi connectivity index (χ2v) is 18.5. The number of likely N-dealkylation sites (tertiary alicyclic amines) is 1. The molecule has 1 atom stereocenters. The van der Waals surface area contributed by atoms with Crippen molar-refractivity contribution >= 4 is 8.32 Å². The third-order valence-corrected chi connectivity index (χ3v) is 13.3. The second-order valence-electron chi connectivity index (χ2n) is 13.8. The SMILES string of the molecule is CC(C)(F)CN1CCc2cc(O[Si](C)(C)C(C)(C)C)ccc2C1(C)c1ccc(OCCN2CC(CF)C2)cc1. The minimum Gasteiger partial charge on any atom is -0.543 e. The van der Waals surface area contributed by atoms with E-state index in [9.17, 15) is 4.39 Å². The van der Waals surface area contributed by atoms with Gasteiger partial charge in [-0.3, -0.25) is 14.2 Å². The molecule has 4 rings (SSSR count). The number of hydrogen-bond donors (Lipinski definition) is 0. The Bertz CT molecular complexity index is 1120. The van der Waals surface area contributed by atoms with Gasteiger partial charge in [-0.25, -0.2) is 4.39 Å². The lowest BCUT2D eigenvalue weighted by Gasteiger charge is -2.48. The highest BCUT2D eigenvalue weighted by atomic mass is 28.4. The van der Waals surface area contributed by atoms with E-state index in [2.05, 4.69) is 80.9 Å². The highest BCUT2D eigenvalue weighted by Crippen LogP contribution is 2.44. The fraction of sp³-hybridized carbons (Fsp3) is 0.625. The van der Waals surface area contributed by atoms with Crippen molar-refractivity contribution < 1.29 is 17.9 Å². The van der Waals surface area contributed by atoms with Gasteiger partial charge in [-0.15, -0.1) is 0 Å². The molecule has 1 saturated heterocycles. The molecule has 39 heavy (non-hydrogen) atoms. The summed E-state index contributed by atoms with van der Waals surface area (Å²) < 4.78 is 40.3.